The average Bonchev–Trinajstić information content (AvgIpc) is 3.23. The molecule has 0 aliphatic carbocycles. The van der Waals surface area contributed by atoms with Crippen molar-refractivity contribution in [2.75, 3.05) is 24.7 Å². The van der Waals surface area contributed by atoms with E-state index in [4.69, 9.17) is 9.47 Å². The standard InChI is InChI=1S/C22H38N2O4S3/c1-3-5-7-9-11-13-15-27-19(25)17-29-21-23-24-22(31-21)30-18-20(26)28-16-14-12-10-8-6-4-2/h3-18H2,1-2H3. The zero-order chi connectivity index (χ0) is 22.6. The maximum Gasteiger partial charge on any atom is 0.316 e. The van der Waals surface area contributed by atoms with Gasteiger partial charge in [-0.3, -0.25) is 9.59 Å². The van der Waals surface area contributed by atoms with E-state index in [1.54, 1.807) is 0 Å². The van der Waals surface area contributed by atoms with Crippen molar-refractivity contribution in [3.05, 3.63) is 0 Å². The van der Waals surface area contributed by atoms with E-state index in [-0.39, 0.29) is 23.4 Å². The molecule has 0 aliphatic rings. The number of rotatable bonds is 20. The molecule has 0 fully saturated rings. The molecule has 0 amide bonds. The number of carbonyl (C=O) groups excluding carboxylic acids is 2. The minimum Gasteiger partial charge on any atom is -0.465 e. The van der Waals surface area contributed by atoms with Crippen molar-refractivity contribution in [1.29, 1.82) is 0 Å². The maximum absolute atomic E-state index is 11.8. The van der Waals surface area contributed by atoms with Crippen LogP contribution in [0.2, 0.25) is 0 Å². The van der Waals surface area contributed by atoms with Crippen molar-refractivity contribution in [1.82, 2.24) is 10.2 Å². The quantitative estimate of drug-likeness (QED) is 0.116. The molecule has 31 heavy (non-hydrogen) atoms. The van der Waals surface area contributed by atoms with E-state index >= 15 is 0 Å². The molecule has 9 heteroatoms. The van der Waals surface area contributed by atoms with Gasteiger partial charge in [-0.2, -0.15) is 0 Å². The zero-order valence-electron chi connectivity index (χ0n) is 19.1. The molecule has 0 aromatic carbocycles. The molecule has 6 nitrogen and oxygen atoms in total. The third kappa shape index (κ3) is 16.5. The van der Waals surface area contributed by atoms with E-state index in [0.717, 1.165) is 25.7 Å². The summed E-state index contributed by atoms with van der Waals surface area (Å²) in [7, 11) is 0. The van der Waals surface area contributed by atoms with Gasteiger partial charge in [-0.1, -0.05) is 113 Å². The molecule has 0 N–H and O–H groups in total. The molecular formula is C22H38N2O4S3. The Labute approximate surface area is 200 Å². The molecule has 0 radical (unpaired) electrons. The number of carbonyl (C=O) groups is 2. The first-order valence-electron chi connectivity index (χ1n) is 11.6. The highest BCUT2D eigenvalue weighted by Gasteiger charge is 2.11. The minimum absolute atomic E-state index is 0.221. The third-order valence-corrected chi connectivity index (χ3v) is 7.67. The van der Waals surface area contributed by atoms with Crippen LogP contribution in [0.1, 0.15) is 90.9 Å². The molecule has 178 valence electrons. The van der Waals surface area contributed by atoms with Crippen molar-refractivity contribution < 1.29 is 19.1 Å². The first-order valence-corrected chi connectivity index (χ1v) is 14.3. The maximum atomic E-state index is 11.8. The Morgan fingerprint density at radius 1 is 0.677 bits per heavy atom. The normalized spacial score (nSPS) is 10.9. The second kappa shape index (κ2) is 19.9. The number of unbranched alkanes of at least 4 members (excludes halogenated alkanes) is 10. The average molecular weight is 491 g/mol. The van der Waals surface area contributed by atoms with Crippen LogP contribution < -0.4 is 0 Å². The predicted molar refractivity (Wildman–Crippen MR) is 130 cm³/mol. The molecule has 0 bridgehead atoms. The second-order valence-corrected chi connectivity index (χ2v) is 10.8. The number of esters is 2. The lowest BCUT2D eigenvalue weighted by Gasteiger charge is -2.04. The summed E-state index contributed by atoms with van der Waals surface area (Å²) in [6, 6.07) is 0. The fourth-order valence-electron chi connectivity index (χ4n) is 2.78. The third-order valence-electron chi connectivity index (χ3n) is 4.54. The Kier molecular flexibility index (Phi) is 18.1. The van der Waals surface area contributed by atoms with Crippen LogP contribution in [0.15, 0.2) is 8.68 Å². The number of aromatic nitrogens is 2. The Balaban J connectivity index is 2.05. The fraction of sp³-hybridized carbons (Fsp3) is 0.818. The van der Waals surface area contributed by atoms with Crippen LogP contribution in [0.4, 0.5) is 0 Å². The lowest BCUT2D eigenvalue weighted by atomic mass is 10.1. The highest BCUT2D eigenvalue weighted by atomic mass is 32.2. The van der Waals surface area contributed by atoms with Crippen LogP contribution in [0, 0.1) is 0 Å². The molecule has 0 spiro atoms. The summed E-state index contributed by atoms with van der Waals surface area (Å²) < 4.78 is 11.9. The highest BCUT2D eigenvalue weighted by molar-refractivity contribution is 8.03. The van der Waals surface area contributed by atoms with Gasteiger partial charge in [-0.25, -0.2) is 0 Å². The van der Waals surface area contributed by atoms with E-state index < -0.39 is 0 Å². The summed E-state index contributed by atoms with van der Waals surface area (Å²) in [5, 5.41) is 8.13. The van der Waals surface area contributed by atoms with Crippen molar-refractivity contribution in [3.8, 4) is 0 Å². The monoisotopic (exact) mass is 490 g/mol. The molecule has 0 atom stereocenters. The lowest BCUT2D eigenvalue weighted by Crippen LogP contribution is -2.08. The molecule has 0 unspecified atom stereocenters. The first kappa shape index (κ1) is 28.2. The predicted octanol–water partition coefficient (Wildman–Crippen LogP) is 6.53. The van der Waals surface area contributed by atoms with Crippen molar-refractivity contribution in [2.45, 2.75) is 99.6 Å². The Hall–Kier alpha value is -0.800. The van der Waals surface area contributed by atoms with Crippen LogP contribution in [0.5, 0.6) is 0 Å². The van der Waals surface area contributed by atoms with E-state index in [2.05, 4.69) is 24.0 Å². The lowest BCUT2D eigenvalue weighted by molar-refractivity contribution is -0.141. The van der Waals surface area contributed by atoms with E-state index in [0.29, 0.717) is 21.9 Å². The van der Waals surface area contributed by atoms with Gasteiger partial charge in [0.1, 0.15) is 0 Å². The second-order valence-electron chi connectivity index (χ2n) is 7.39. The first-order chi connectivity index (χ1) is 15.2. The number of thioether (sulfide) groups is 2. The van der Waals surface area contributed by atoms with E-state index in [9.17, 15) is 9.59 Å². The Bertz CT molecular complexity index is 551. The van der Waals surface area contributed by atoms with Gasteiger partial charge < -0.3 is 9.47 Å². The van der Waals surface area contributed by atoms with Gasteiger partial charge in [0.15, 0.2) is 8.68 Å². The van der Waals surface area contributed by atoms with Crippen LogP contribution in [-0.4, -0.2) is 46.9 Å². The van der Waals surface area contributed by atoms with E-state index in [1.807, 2.05) is 0 Å². The van der Waals surface area contributed by atoms with Gasteiger partial charge in [0.25, 0.3) is 0 Å². The number of hydrogen-bond donors (Lipinski definition) is 0. The Morgan fingerprint density at radius 3 is 1.48 bits per heavy atom. The largest absolute Gasteiger partial charge is 0.465 e. The molecule has 1 heterocycles. The van der Waals surface area contributed by atoms with Gasteiger partial charge in [0, 0.05) is 0 Å². The van der Waals surface area contributed by atoms with Crippen molar-refractivity contribution in [2.24, 2.45) is 0 Å². The molecule has 0 saturated carbocycles. The Morgan fingerprint density at radius 2 is 1.06 bits per heavy atom. The summed E-state index contributed by atoms with van der Waals surface area (Å²) in [6.07, 6.45) is 14.0. The van der Waals surface area contributed by atoms with Gasteiger partial charge in [-0.15, -0.1) is 10.2 Å². The minimum atomic E-state index is -0.221. The van der Waals surface area contributed by atoms with Crippen molar-refractivity contribution in [3.63, 3.8) is 0 Å². The summed E-state index contributed by atoms with van der Waals surface area (Å²) >= 11 is 4.03. The summed E-state index contributed by atoms with van der Waals surface area (Å²) in [5.41, 5.74) is 0. The molecule has 1 aromatic heterocycles. The van der Waals surface area contributed by atoms with Crippen LogP contribution in [0.3, 0.4) is 0 Å². The summed E-state index contributed by atoms with van der Waals surface area (Å²) in [5.74, 6) is 0.0210. The van der Waals surface area contributed by atoms with Crippen LogP contribution in [-0.2, 0) is 19.1 Å². The number of nitrogens with zero attached hydrogens (tertiary/aromatic N) is 2. The van der Waals surface area contributed by atoms with Gasteiger partial charge in [0.2, 0.25) is 0 Å². The van der Waals surface area contributed by atoms with E-state index in [1.165, 1.54) is 86.2 Å². The molecular weight excluding hydrogens is 452 g/mol. The molecule has 0 aliphatic heterocycles. The number of hydrogen-bond acceptors (Lipinski definition) is 9. The van der Waals surface area contributed by atoms with Gasteiger partial charge in [-0.05, 0) is 12.8 Å². The van der Waals surface area contributed by atoms with Gasteiger partial charge in [0.05, 0.1) is 24.7 Å². The molecule has 1 rings (SSSR count). The summed E-state index contributed by atoms with van der Waals surface area (Å²) in [6.45, 7) is 5.38. The van der Waals surface area contributed by atoms with Gasteiger partial charge >= 0.3 is 11.9 Å². The van der Waals surface area contributed by atoms with Crippen LogP contribution >= 0.6 is 34.9 Å². The fourth-order valence-corrected chi connectivity index (χ4v) is 5.39. The highest BCUT2D eigenvalue weighted by Crippen LogP contribution is 2.28. The topological polar surface area (TPSA) is 78.4 Å². The van der Waals surface area contributed by atoms with Crippen LogP contribution in [0.25, 0.3) is 0 Å². The number of ether oxygens (including phenoxy) is 2. The SMILES string of the molecule is CCCCCCCCOC(=O)CSc1nnc(SCC(=O)OCCCCCCCC)s1. The molecule has 0 saturated heterocycles. The summed E-state index contributed by atoms with van der Waals surface area (Å²) in [4.78, 5) is 23.6. The zero-order valence-corrected chi connectivity index (χ0v) is 21.5. The molecule has 1 aromatic rings. The smallest absolute Gasteiger partial charge is 0.316 e. The van der Waals surface area contributed by atoms with Crippen molar-refractivity contribution >= 4 is 46.8 Å².